The Hall–Kier alpha value is -2.45. The largest absolute Gasteiger partial charge is 0.507 e. The van der Waals surface area contributed by atoms with Gasteiger partial charge in [-0.05, 0) is 37.6 Å². The van der Waals surface area contributed by atoms with Crippen LogP contribution in [0.2, 0.25) is 0 Å². The number of aromatic hydroxyl groups is 1. The molecule has 0 spiro atoms. The minimum atomic E-state index is 0.156. The lowest BCUT2D eigenvalue weighted by Crippen LogP contribution is -2.59. The van der Waals surface area contributed by atoms with Crippen LogP contribution in [-0.4, -0.2) is 56.1 Å². The van der Waals surface area contributed by atoms with Crippen LogP contribution >= 0.6 is 11.3 Å². The molecule has 1 aliphatic carbocycles. The van der Waals surface area contributed by atoms with Crippen molar-refractivity contribution in [3.8, 4) is 32.6 Å². The monoisotopic (exact) mass is 397 g/mol. The normalized spacial score (nSPS) is 27.2. The number of aromatic nitrogens is 4. The number of benzene rings is 1. The number of rotatable bonds is 4. The maximum atomic E-state index is 10.5. The average Bonchev–Trinajstić information content (AvgIpc) is 3.35. The summed E-state index contributed by atoms with van der Waals surface area (Å²) < 4.78 is 6.29. The standard InChI is InChI=1S/C20H23N5O2S/c1-20-6-5-14(25(2)11-20)8-17(20)27-19-24-23-18(28-19)15-4-3-12(7-16(15)26)13-9-21-22-10-13/h3-4,7,9-10,14,17,26H,5-6,8,11H2,1-2H3,(H,21,22)/t14?,17-,20+/m0/s1. The number of aromatic amines is 1. The number of hydrogen-bond acceptors (Lipinski definition) is 7. The van der Waals surface area contributed by atoms with Crippen LogP contribution in [0, 0.1) is 5.41 Å². The molecule has 3 atom stereocenters. The first-order chi connectivity index (χ1) is 13.5. The molecule has 28 heavy (non-hydrogen) atoms. The van der Waals surface area contributed by atoms with E-state index in [9.17, 15) is 5.11 Å². The van der Waals surface area contributed by atoms with E-state index in [1.165, 1.54) is 24.2 Å². The molecule has 3 fully saturated rings. The zero-order chi connectivity index (χ0) is 19.3. The molecular formula is C20H23N5O2S. The topological polar surface area (TPSA) is 87.2 Å². The van der Waals surface area contributed by atoms with Crippen LogP contribution < -0.4 is 4.74 Å². The van der Waals surface area contributed by atoms with Crippen molar-refractivity contribution >= 4 is 11.3 Å². The van der Waals surface area contributed by atoms with E-state index in [1.54, 1.807) is 18.5 Å². The van der Waals surface area contributed by atoms with Gasteiger partial charge in [0, 0.05) is 36.2 Å². The van der Waals surface area contributed by atoms with E-state index in [0.29, 0.717) is 21.8 Å². The number of hydrogen-bond donors (Lipinski definition) is 2. The molecule has 2 saturated heterocycles. The van der Waals surface area contributed by atoms with Gasteiger partial charge >= 0.3 is 0 Å². The van der Waals surface area contributed by atoms with Crippen molar-refractivity contribution in [1.29, 1.82) is 0 Å². The van der Waals surface area contributed by atoms with E-state index in [-0.39, 0.29) is 17.3 Å². The van der Waals surface area contributed by atoms with Crippen molar-refractivity contribution in [3.05, 3.63) is 30.6 Å². The first kappa shape index (κ1) is 17.6. The number of piperidine rings is 2. The Morgan fingerprint density at radius 3 is 2.93 bits per heavy atom. The van der Waals surface area contributed by atoms with Crippen LogP contribution in [0.4, 0.5) is 0 Å². The van der Waals surface area contributed by atoms with Gasteiger partial charge in [-0.25, -0.2) is 0 Å². The summed E-state index contributed by atoms with van der Waals surface area (Å²) in [6.45, 7) is 3.37. The molecule has 2 aromatic heterocycles. The highest BCUT2D eigenvalue weighted by Gasteiger charge is 2.48. The highest BCUT2D eigenvalue weighted by atomic mass is 32.1. The Morgan fingerprint density at radius 2 is 2.21 bits per heavy atom. The van der Waals surface area contributed by atoms with Gasteiger partial charge in [0.1, 0.15) is 11.9 Å². The Kier molecular flexibility index (Phi) is 4.13. The molecule has 6 rings (SSSR count). The molecule has 3 aromatic rings. The van der Waals surface area contributed by atoms with Crippen LogP contribution in [0.25, 0.3) is 21.7 Å². The van der Waals surface area contributed by atoms with E-state index in [2.05, 4.69) is 39.3 Å². The maximum absolute atomic E-state index is 10.5. The molecule has 4 heterocycles. The summed E-state index contributed by atoms with van der Waals surface area (Å²) in [7, 11) is 2.21. The van der Waals surface area contributed by atoms with E-state index >= 15 is 0 Å². The van der Waals surface area contributed by atoms with E-state index in [4.69, 9.17) is 4.74 Å². The van der Waals surface area contributed by atoms with Crippen molar-refractivity contribution in [2.24, 2.45) is 5.41 Å². The quantitative estimate of drug-likeness (QED) is 0.700. The van der Waals surface area contributed by atoms with Gasteiger partial charge < -0.3 is 14.7 Å². The molecule has 2 N–H and O–H groups in total. The third-order valence-corrected chi connectivity index (χ3v) is 7.10. The van der Waals surface area contributed by atoms with Crippen molar-refractivity contribution in [2.45, 2.75) is 38.3 Å². The van der Waals surface area contributed by atoms with Crippen LogP contribution in [0.5, 0.6) is 10.9 Å². The lowest BCUT2D eigenvalue weighted by molar-refractivity contribution is -0.0845. The van der Waals surface area contributed by atoms with Crippen LogP contribution in [-0.2, 0) is 0 Å². The molecule has 2 bridgehead atoms. The Labute approximate surface area is 167 Å². The highest BCUT2D eigenvalue weighted by Crippen LogP contribution is 2.46. The van der Waals surface area contributed by atoms with E-state index in [0.717, 1.165) is 24.1 Å². The average molecular weight is 398 g/mol. The number of ether oxygens (including phenoxy) is 1. The predicted molar refractivity (Wildman–Crippen MR) is 107 cm³/mol. The maximum Gasteiger partial charge on any atom is 0.294 e. The third-order valence-electron chi connectivity index (χ3n) is 6.26. The summed E-state index contributed by atoms with van der Waals surface area (Å²) in [4.78, 5) is 2.45. The second-order valence-corrected chi connectivity index (χ2v) is 9.14. The summed E-state index contributed by atoms with van der Waals surface area (Å²) in [6, 6.07) is 6.12. The first-order valence-corrected chi connectivity index (χ1v) is 10.4. The molecule has 1 unspecified atom stereocenters. The molecule has 2 aliphatic heterocycles. The molecule has 0 amide bonds. The van der Waals surface area contributed by atoms with Gasteiger partial charge in [0.25, 0.3) is 5.19 Å². The SMILES string of the molecule is CN1C[C@@]2(C)CCC1C[C@@H]2Oc1nnc(-c2ccc(-c3cn[nH]c3)cc2O)s1. The molecule has 3 aliphatic rings. The summed E-state index contributed by atoms with van der Waals surface area (Å²) in [6.07, 6.45) is 7.15. The Balaban J connectivity index is 1.35. The fourth-order valence-electron chi connectivity index (χ4n) is 4.57. The lowest BCUT2D eigenvalue weighted by Gasteiger charge is -2.53. The highest BCUT2D eigenvalue weighted by molar-refractivity contribution is 7.16. The molecule has 1 aromatic carbocycles. The minimum absolute atomic E-state index is 0.156. The van der Waals surface area contributed by atoms with Gasteiger partial charge in [-0.15, -0.1) is 5.10 Å². The Bertz CT molecular complexity index is 988. The van der Waals surface area contributed by atoms with Crippen molar-refractivity contribution < 1.29 is 9.84 Å². The van der Waals surface area contributed by atoms with Crippen LogP contribution in [0.15, 0.2) is 30.6 Å². The van der Waals surface area contributed by atoms with Gasteiger partial charge in [0.05, 0.1) is 11.8 Å². The zero-order valence-corrected chi connectivity index (χ0v) is 16.7. The second-order valence-electron chi connectivity index (χ2n) is 8.20. The smallest absolute Gasteiger partial charge is 0.294 e. The number of phenols is 1. The summed E-state index contributed by atoms with van der Waals surface area (Å²) >= 11 is 1.39. The van der Waals surface area contributed by atoms with Crippen molar-refractivity contribution in [1.82, 2.24) is 25.3 Å². The number of nitrogens with zero attached hydrogens (tertiary/aromatic N) is 4. The van der Waals surface area contributed by atoms with E-state index < -0.39 is 0 Å². The molecular weight excluding hydrogens is 374 g/mol. The molecule has 7 nitrogen and oxygen atoms in total. The fraction of sp³-hybridized carbons (Fsp3) is 0.450. The summed E-state index contributed by atoms with van der Waals surface area (Å²) in [5.41, 5.74) is 2.64. The molecule has 146 valence electrons. The number of nitrogens with one attached hydrogen (secondary N) is 1. The second kappa shape index (κ2) is 6.56. The van der Waals surface area contributed by atoms with Crippen molar-refractivity contribution in [3.63, 3.8) is 0 Å². The number of fused-ring (bicyclic) bond motifs is 3. The zero-order valence-electron chi connectivity index (χ0n) is 15.9. The van der Waals surface area contributed by atoms with Crippen molar-refractivity contribution in [2.75, 3.05) is 13.6 Å². The van der Waals surface area contributed by atoms with Gasteiger partial charge in [-0.1, -0.05) is 29.4 Å². The molecule has 0 radical (unpaired) electrons. The van der Waals surface area contributed by atoms with Gasteiger partial charge in [0.2, 0.25) is 0 Å². The van der Waals surface area contributed by atoms with Gasteiger partial charge in [0.15, 0.2) is 5.01 Å². The van der Waals surface area contributed by atoms with Crippen LogP contribution in [0.3, 0.4) is 0 Å². The lowest BCUT2D eigenvalue weighted by atomic mass is 9.67. The van der Waals surface area contributed by atoms with Gasteiger partial charge in [-0.3, -0.25) is 5.10 Å². The number of phenolic OH excluding ortho intramolecular Hbond substituents is 1. The Morgan fingerprint density at radius 1 is 1.32 bits per heavy atom. The van der Waals surface area contributed by atoms with Crippen LogP contribution in [0.1, 0.15) is 26.2 Å². The molecule has 8 heteroatoms. The van der Waals surface area contributed by atoms with Gasteiger partial charge in [-0.2, -0.15) is 5.10 Å². The summed E-state index contributed by atoms with van der Waals surface area (Å²) in [5, 5.41) is 27.0. The molecule has 1 saturated carbocycles. The number of H-pyrrole nitrogens is 1. The fourth-order valence-corrected chi connectivity index (χ4v) is 5.34. The minimum Gasteiger partial charge on any atom is -0.507 e. The first-order valence-electron chi connectivity index (χ1n) is 9.55. The third kappa shape index (κ3) is 2.97. The van der Waals surface area contributed by atoms with E-state index in [1.807, 2.05) is 12.1 Å². The predicted octanol–water partition coefficient (Wildman–Crippen LogP) is 3.55. The summed E-state index contributed by atoms with van der Waals surface area (Å²) in [5.74, 6) is 0.173.